The lowest BCUT2D eigenvalue weighted by atomic mass is 10.1. The molecule has 3 atom stereocenters. The minimum atomic E-state index is -0.346. The summed E-state index contributed by atoms with van der Waals surface area (Å²) in [4.78, 5) is 18.1. The summed E-state index contributed by atoms with van der Waals surface area (Å²) < 4.78 is 18.6. The molecule has 5 nitrogen and oxygen atoms in total. The fourth-order valence-corrected chi connectivity index (χ4v) is 4.00. The first-order valence-electron chi connectivity index (χ1n) is 8.34. The minimum absolute atomic E-state index is 0.0733. The van der Waals surface area contributed by atoms with Gasteiger partial charge >= 0.3 is 0 Å². The number of thiazole rings is 1. The van der Waals surface area contributed by atoms with Crippen LogP contribution < -0.4 is 10.6 Å². The van der Waals surface area contributed by atoms with Crippen molar-refractivity contribution in [3.63, 3.8) is 0 Å². The van der Waals surface area contributed by atoms with Crippen LogP contribution in [0.5, 0.6) is 0 Å². The number of nitrogens with one attached hydrogen (secondary N) is 2. The Hall–Kier alpha value is -1.83. The predicted octanol–water partition coefficient (Wildman–Crippen LogP) is 2.81. The number of nitrogens with zero attached hydrogens (tertiary/aromatic N) is 1. The van der Waals surface area contributed by atoms with E-state index in [0.29, 0.717) is 13.2 Å². The lowest BCUT2D eigenvalue weighted by molar-refractivity contribution is -0.129. The zero-order chi connectivity index (χ0) is 18.0. The number of ether oxygens (including phenoxy) is 1. The molecule has 25 heavy (non-hydrogen) atoms. The summed E-state index contributed by atoms with van der Waals surface area (Å²) >= 11 is 1.52. The van der Waals surface area contributed by atoms with Crippen molar-refractivity contribution in [3.05, 3.63) is 40.7 Å². The fraction of sp³-hybridized carbons (Fsp3) is 0.444. The molecule has 0 spiro atoms. The van der Waals surface area contributed by atoms with Gasteiger partial charge in [-0.2, -0.15) is 0 Å². The molecule has 0 radical (unpaired) electrons. The third-order valence-electron chi connectivity index (χ3n) is 4.27. The first kappa shape index (κ1) is 18.0. The Bertz CT molecular complexity index is 747. The molecule has 1 aromatic carbocycles. The van der Waals surface area contributed by atoms with E-state index in [-0.39, 0.29) is 29.9 Å². The molecule has 2 heterocycles. The lowest BCUT2D eigenvalue weighted by Crippen LogP contribution is -2.55. The Kier molecular flexibility index (Phi) is 5.46. The summed E-state index contributed by atoms with van der Waals surface area (Å²) in [5, 5.41) is 7.05. The highest BCUT2D eigenvalue weighted by atomic mass is 32.1. The van der Waals surface area contributed by atoms with Gasteiger partial charge in [0.25, 0.3) is 0 Å². The number of carbonyl (C=O) groups excluding carboxylic acids is 1. The molecule has 3 rings (SSSR count). The largest absolute Gasteiger partial charge is 0.375 e. The third kappa shape index (κ3) is 4.05. The number of aromatic nitrogens is 1. The zero-order valence-corrected chi connectivity index (χ0v) is 15.3. The highest BCUT2D eigenvalue weighted by molar-refractivity contribution is 7.15. The number of halogens is 1. The second-order valence-corrected chi connectivity index (χ2v) is 7.24. The van der Waals surface area contributed by atoms with Gasteiger partial charge in [0.2, 0.25) is 5.91 Å². The van der Waals surface area contributed by atoms with Crippen LogP contribution in [0.15, 0.2) is 24.3 Å². The second-order valence-electron chi connectivity index (χ2n) is 6.21. The van der Waals surface area contributed by atoms with Crippen LogP contribution in [0.1, 0.15) is 30.5 Å². The summed E-state index contributed by atoms with van der Waals surface area (Å²) in [5.41, 5.74) is 1.74. The monoisotopic (exact) mass is 363 g/mol. The van der Waals surface area contributed by atoms with E-state index in [9.17, 15) is 9.18 Å². The average molecular weight is 363 g/mol. The van der Waals surface area contributed by atoms with Gasteiger partial charge in [-0.1, -0.05) is 0 Å². The van der Waals surface area contributed by atoms with E-state index < -0.39 is 0 Å². The summed E-state index contributed by atoms with van der Waals surface area (Å²) in [7, 11) is 0. The highest BCUT2D eigenvalue weighted by Gasteiger charge is 2.29. The van der Waals surface area contributed by atoms with Crippen molar-refractivity contribution < 1.29 is 13.9 Å². The Morgan fingerprint density at radius 2 is 2.16 bits per heavy atom. The lowest BCUT2D eigenvalue weighted by Gasteiger charge is -2.30. The number of morpholine rings is 1. The summed E-state index contributed by atoms with van der Waals surface area (Å²) in [6, 6.07) is 5.77. The van der Waals surface area contributed by atoms with Crippen LogP contribution in [-0.4, -0.2) is 36.2 Å². The number of rotatable bonds is 4. The van der Waals surface area contributed by atoms with Crippen molar-refractivity contribution in [2.24, 2.45) is 0 Å². The van der Waals surface area contributed by atoms with Gasteiger partial charge in [-0.25, -0.2) is 9.37 Å². The van der Waals surface area contributed by atoms with Crippen molar-refractivity contribution >= 4 is 17.2 Å². The van der Waals surface area contributed by atoms with Crippen molar-refractivity contribution in [1.82, 2.24) is 15.6 Å². The van der Waals surface area contributed by atoms with Crippen LogP contribution in [0.3, 0.4) is 0 Å². The van der Waals surface area contributed by atoms with E-state index in [2.05, 4.69) is 15.6 Å². The molecule has 0 bridgehead atoms. The van der Waals surface area contributed by atoms with Gasteiger partial charge in [-0.05, 0) is 45.0 Å². The second kappa shape index (κ2) is 7.59. The zero-order valence-electron chi connectivity index (χ0n) is 14.5. The quantitative estimate of drug-likeness (QED) is 0.877. The molecule has 7 heteroatoms. The molecule has 134 valence electrons. The normalized spacial score (nSPS) is 21.8. The van der Waals surface area contributed by atoms with Gasteiger partial charge in [0.05, 0.1) is 29.3 Å². The van der Waals surface area contributed by atoms with Crippen molar-refractivity contribution in [2.45, 2.75) is 39.0 Å². The van der Waals surface area contributed by atoms with E-state index in [1.54, 1.807) is 12.1 Å². The maximum atomic E-state index is 13.1. The first-order valence-corrected chi connectivity index (χ1v) is 9.16. The highest BCUT2D eigenvalue weighted by Crippen LogP contribution is 2.31. The molecule has 1 amide bonds. The number of aryl methyl sites for hydroxylation is 1. The van der Waals surface area contributed by atoms with E-state index in [4.69, 9.17) is 4.74 Å². The van der Waals surface area contributed by atoms with Crippen molar-refractivity contribution in [1.29, 1.82) is 0 Å². The van der Waals surface area contributed by atoms with E-state index in [1.807, 2.05) is 20.8 Å². The molecule has 1 aromatic heterocycles. The first-order chi connectivity index (χ1) is 12.0. The summed E-state index contributed by atoms with van der Waals surface area (Å²) in [5.74, 6) is -0.343. The number of carbonyl (C=O) groups is 1. The maximum absolute atomic E-state index is 13.1. The molecule has 2 N–H and O–H groups in total. The van der Waals surface area contributed by atoms with Crippen LogP contribution in [-0.2, 0) is 9.53 Å². The van der Waals surface area contributed by atoms with Crippen LogP contribution in [0, 0.1) is 12.7 Å². The van der Waals surface area contributed by atoms with Gasteiger partial charge in [0.1, 0.15) is 16.9 Å². The Labute approximate surface area is 150 Å². The number of benzene rings is 1. The van der Waals surface area contributed by atoms with Crippen LogP contribution in [0.25, 0.3) is 10.6 Å². The molecule has 0 saturated carbocycles. The molecule has 0 aliphatic carbocycles. The summed E-state index contributed by atoms with van der Waals surface area (Å²) in [6.07, 6.45) is -0.154. The Balaban J connectivity index is 1.72. The van der Waals surface area contributed by atoms with E-state index in [1.165, 1.54) is 23.5 Å². The standard InChI is InChI=1S/C18H22FN3O2S/c1-10(21-17(23)15-12(3)24-9-8-20-15)16-11(2)22-18(25-16)13-4-6-14(19)7-5-13/h4-7,10,12,15,20H,8-9H2,1-3H3,(H,21,23)/t10?,12-,15+/m1/s1. The number of hydrogen-bond donors (Lipinski definition) is 2. The predicted molar refractivity (Wildman–Crippen MR) is 96.0 cm³/mol. The minimum Gasteiger partial charge on any atom is -0.375 e. The van der Waals surface area contributed by atoms with Gasteiger partial charge in [0.15, 0.2) is 0 Å². The Morgan fingerprint density at radius 3 is 2.84 bits per heavy atom. The van der Waals surface area contributed by atoms with Gasteiger partial charge in [0, 0.05) is 12.1 Å². The SMILES string of the molecule is Cc1nc(-c2ccc(F)cc2)sc1C(C)NC(=O)[C@H]1NCCO[C@@H]1C. The third-order valence-corrected chi connectivity index (χ3v) is 5.66. The topological polar surface area (TPSA) is 63.2 Å². The van der Waals surface area contributed by atoms with Crippen molar-refractivity contribution in [3.8, 4) is 10.6 Å². The summed E-state index contributed by atoms with van der Waals surface area (Å²) in [6.45, 7) is 7.06. The van der Waals surface area contributed by atoms with Gasteiger partial charge in [-0.3, -0.25) is 4.79 Å². The molecule has 1 fully saturated rings. The maximum Gasteiger partial charge on any atom is 0.240 e. The molecule has 1 unspecified atom stereocenters. The van der Waals surface area contributed by atoms with Crippen LogP contribution in [0.2, 0.25) is 0 Å². The smallest absolute Gasteiger partial charge is 0.240 e. The fourth-order valence-electron chi connectivity index (χ4n) is 2.92. The average Bonchev–Trinajstić information content (AvgIpc) is 2.97. The molecule has 1 saturated heterocycles. The number of hydrogen-bond acceptors (Lipinski definition) is 5. The Morgan fingerprint density at radius 1 is 1.44 bits per heavy atom. The molecule has 1 aliphatic heterocycles. The molecule has 1 aliphatic rings. The van der Waals surface area contributed by atoms with Gasteiger partial charge < -0.3 is 15.4 Å². The molecular formula is C18H22FN3O2S. The van der Waals surface area contributed by atoms with Crippen molar-refractivity contribution in [2.75, 3.05) is 13.2 Å². The van der Waals surface area contributed by atoms with E-state index in [0.717, 1.165) is 21.1 Å². The van der Waals surface area contributed by atoms with Gasteiger partial charge in [-0.15, -0.1) is 11.3 Å². The molecular weight excluding hydrogens is 341 g/mol. The number of amides is 1. The van der Waals surface area contributed by atoms with E-state index >= 15 is 0 Å². The van der Waals surface area contributed by atoms with Crippen LogP contribution in [0.4, 0.5) is 4.39 Å². The van der Waals surface area contributed by atoms with Crippen LogP contribution >= 0.6 is 11.3 Å². The molecule has 2 aromatic rings.